The largest absolute Gasteiger partial charge is 0.465 e. The van der Waals surface area contributed by atoms with Crippen LogP contribution in [0.1, 0.15) is 62.8 Å². The minimum atomic E-state index is -4.09. The van der Waals surface area contributed by atoms with E-state index in [9.17, 15) is 28.2 Å². The molecule has 1 aliphatic carbocycles. The SMILES string of the molecule is CC[C@@](C)(Cc1ccccn1)[C@H](NC(=O)O)C(=O)N[C@@H](Cc1ccccc1)[C@H](O)CN(CC1CCCC1)S(=O)(=O)c1ccc(/C=N/O)cc1. The van der Waals surface area contributed by atoms with Crippen LogP contribution < -0.4 is 10.6 Å². The summed E-state index contributed by atoms with van der Waals surface area (Å²) in [6.07, 6.45) is 4.75. The zero-order chi connectivity index (χ0) is 35.4. The first-order chi connectivity index (χ1) is 23.4. The minimum absolute atomic E-state index is 0.0235. The van der Waals surface area contributed by atoms with E-state index in [1.807, 2.05) is 56.3 Å². The summed E-state index contributed by atoms with van der Waals surface area (Å²) in [7, 11) is -4.09. The van der Waals surface area contributed by atoms with E-state index < -0.39 is 45.6 Å². The van der Waals surface area contributed by atoms with Gasteiger partial charge in [-0.15, -0.1) is 0 Å². The van der Waals surface area contributed by atoms with Gasteiger partial charge in [0.1, 0.15) is 6.04 Å². The first-order valence-electron chi connectivity index (χ1n) is 16.6. The molecule has 1 aliphatic rings. The number of amides is 2. The molecule has 13 heteroatoms. The molecule has 264 valence electrons. The van der Waals surface area contributed by atoms with Gasteiger partial charge in [-0.1, -0.05) is 80.4 Å². The fraction of sp³-hybridized carbons (Fsp3) is 0.444. The number of nitrogens with zero attached hydrogens (tertiary/aromatic N) is 3. The molecule has 1 fully saturated rings. The second-order valence-corrected chi connectivity index (χ2v) is 15.0. The topological polar surface area (TPSA) is 182 Å². The molecule has 4 rings (SSSR count). The number of hydrogen-bond donors (Lipinski definition) is 5. The summed E-state index contributed by atoms with van der Waals surface area (Å²) in [5.41, 5.74) is 1.13. The summed E-state index contributed by atoms with van der Waals surface area (Å²) in [6, 6.07) is 18.4. The number of hydrogen-bond acceptors (Lipinski definition) is 8. The molecule has 3 aromatic rings. The van der Waals surface area contributed by atoms with E-state index in [1.165, 1.54) is 34.8 Å². The zero-order valence-corrected chi connectivity index (χ0v) is 28.8. The fourth-order valence-corrected chi connectivity index (χ4v) is 8.01. The number of aliphatic hydroxyl groups is 1. The minimum Gasteiger partial charge on any atom is -0.465 e. The van der Waals surface area contributed by atoms with Crippen LogP contribution >= 0.6 is 0 Å². The molecule has 5 N–H and O–H groups in total. The van der Waals surface area contributed by atoms with E-state index in [-0.39, 0.29) is 30.3 Å². The molecule has 0 spiro atoms. The number of sulfonamides is 1. The summed E-state index contributed by atoms with van der Waals surface area (Å²) in [6.45, 7) is 3.59. The molecule has 0 aliphatic heterocycles. The highest BCUT2D eigenvalue weighted by Gasteiger charge is 2.41. The predicted octanol–water partition coefficient (Wildman–Crippen LogP) is 4.45. The van der Waals surface area contributed by atoms with Crippen LogP contribution in [0, 0.1) is 11.3 Å². The van der Waals surface area contributed by atoms with E-state index in [0.717, 1.165) is 31.2 Å². The molecule has 1 aromatic heterocycles. The molecular formula is C36H47N5O7S. The van der Waals surface area contributed by atoms with E-state index in [1.54, 1.807) is 12.3 Å². The Morgan fingerprint density at radius 2 is 1.71 bits per heavy atom. The Hall–Kier alpha value is -4.33. The van der Waals surface area contributed by atoms with Crippen molar-refractivity contribution in [2.75, 3.05) is 13.1 Å². The van der Waals surface area contributed by atoms with E-state index >= 15 is 0 Å². The Kier molecular flexibility index (Phi) is 13.3. The lowest BCUT2D eigenvalue weighted by Gasteiger charge is -2.37. The number of benzene rings is 2. The number of rotatable bonds is 17. The zero-order valence-electron chi connectivity index (χ0n) is 28.0. The average Bonchev–Trinajstić information content (AvgIpc) is 3.61. The maximum atomic E-state index is 14.1. The van der Waals surface area contributed by atoms with Gasteiger partial charge < -0.3 is 26.1 Å². The van der Waals surface area contributed by atoms with Gasteiger partial charge >= 0.3 is 6.09 Å². The van der Waals surface area contributed by atoms with Gasteiger partial charge in [0.25, 0.3) is 0 Å². The van der Waals surface area contributed by atoms with Crippen molar-refractivity contribution in [3.8, 4) is 0 Å². The number of carboxylic acid groups (broad SMARTS) is 1. The van der Waals surface area contributed by atoms with Crippen LogP contribution in [0.2, 0.25) is 0 Å². The van der Waals surface area contributed by atoms with Crippen molar-refractivity contribution in [3.05, 3.63) is 95.8 Å². The van der Waals surface area contributed by atoms with Gasteiger partial charge in [0.15, 0.2) is 0 Å². The highest BCUT2D eigenvalue weighted by molar-refractivity contribution is 7.89. The predicted molar refractivity (Wildman–Crippen MR) is 186 cm³/mol. The Morgan fingerprint density at radius 3 is 2.31 bits per heavy atom. The van der Waals surface area contributed by atoms with Gasteiger partial charge in [-0.3, -0.25) is 9.78 Å². The third kappa shape index (κ3) is 10.3. The number of oxime groups is 1. The molecule has 1 saturated carbocycles. The quantitative estimate of drug-likeness (QED) is 0.0781. The smallest absolute Gasteiger partial charge is 0.405 e. The van der Waals surface area contributed by atoms with Crippen LogP contribution in [0.25, 0.3) is 0 Å². The second kappa shape index (κ2) is 17.4. The number of carbonyl (C=O) groups is 2. The number of aliphatic hydroxyl groups excluding tert-OH is 1. The van der Waals surface area contributed by atoms with Gasteiger partial charge in [-0.2, -0.15) is 4.31 Å². The molecule has 2 aromatic carbocycles. The van der Waals surface area contributed by atoms with Crippen molar-refractivity contribution in [2.24, 2.45) is 16.5 Å². The third-order valence-electron chi connectivity index (χ3n) is 9.49. The highest BCUT2D eigenvalue weighted by atomic mass is 32.2. The lowest BCUT2D eigenvalue weighted by Crippen LogP contribution is -2.60. The maximum absolute atomic E-state index is 14.1. The molecule has 0 bridgehead atoms. The molecule has 2 amide bonds. The van der Waals surface area contributed by atoms with E-state index in [2.05, 4.69) is 20.8 Å². The second-order valence-electron chi connectivity index (χ2n) is 13.0. The molecule has 4 atom stereocenters. The lowest BCUT2D eigenvalue weighted by atomic mass is 9.75. The Labute approximate surface area is 288 Å². The summed E-state index contributed by atoms with van der Waals surface area (Å²) in [4.78, 5) is 30.5. The van der Waals surface area contributed by atoms with E-state index in [0.29, 0.717) is 24.1 Å². The molecule has 12 nitrogen and oxygen atoms in total. The van der Waals surface area contributed by atoms with Crippen LogP contribution in [0.15, 0.2) is 89.0 Å². The Bertz CT molecular complexity index is 1640. The van der Waals surface area contributed by atoms with Crippen LogP contribution in [-0.2, 0) is 27.7 Å². The average molecular weight is 694 g/mol. The van der Waals surface area contributed by atoms with Gasteiger partial charge in [0, 0.05) is 30.4 Å². The van der Waals surface area contributed by atoms with Crippen molar-refractivity contribution in [1.29, 1.82) is 0 Å². The third-order valence-corrected chi connectivity index (χ3v) is 11.3. The first-order valence-corrected chi connectivity index (χ1v) is 18.1. The van der Waals surface area contributed by atoms with Crippen LogP contribution in [0.5, 0.6) is 0 Å². The van der Waals surface area contributed by atoms with Crippen molar-refractivity contribution < 1.29 is 33.4 Å². The van der Waals surface area contributed by atoms with Crippen molar-refractivity contribution in [3.63, 3.8) is 0 Å². The van der Waals surface area contributed by atoms with E-state index in [4.69, 9.17) is 5.21 Å². The number of pyridine rings is 1. The van der Waals surface area contributed by atoms with Crippen molar-refractivity contribution >= 4 is 28.2 Å². The molecule has 0 saturated heterocycles. The maximum Gasteiger partial charge on any atom is 0.405 e. The van der Waals surface area contributed by atoms with Gasteiger partial charge in [-0.05, 0) is 73.4 Å². The number of nitrogens with one attached hydrogen (secondary N) is 2. The summed E-state index contributed by atoms with van der Waals surface area (Å²) in [5.74, 6) is -0.514. The Balaban J connectivity index is 1.65. The highest BCUT2D eigenvalue weighted by Crippen LogP contribution is 2.31. The summed E-state index contributed by atoms with van der Waals surface area (Å²) in [5, 5.41) is 38.8. The van der Waals surface area contributed by atoms with Crippen LogP contribution in [-0.4, -0.2) is 82.6 Å². The fourth-order valence-electron chi connectivity index (χ4n) is 6.47. The van der Waals surface area contributed by atoms with Gasteiger partial charge in [-0.25, -0.2) is 13.2 Å². The van der Waals surface area contributed by atoms with Crippen LogP contribution in [0.4, 0.5) is 4.79 Å². The molecule has 0 unspecified atom stereocenters. The first kappa shape index (κ1) is 37.5. The number of carbonyl (C=O) groups excluding carboxylic acids is 1. The van der Waals surface area contributed by atoms with Crippen molar-refractivity contribution in [2.45, 2.75) is 81.9 Å². The molecule has 1 heterocycles. The molecular weight excluding hydrogens is 646 g/mol. The normalized spacial score (nSPS) is 17.0. The van der Waals surface area contributed by atoms with Crippen LogP contribution in [0.3, 0.4) is 0 Å². The monoisotopic (exact) mass is 693 g/mol. The summed E-state index contributed by atoms with van der Waals surface area (Å²) < 4.78 is 29.4. The van der Waals surface area contributed by atoms with Gasteiger partial charge in [0.05, 0.1) is 23.3 Å². The number of aromatic nitrogens is 1. The van der Waals surface area contributed by atoms with Crippen molar-refractivity contribution in [1.82, 2.24) is 19.9 Å². The summed E-state index contributed by atoms with van der Waals surface area (Å²) >= 11 is 0. The Morgan fingerprint density at radius 1 is 1.04 bits per heavy atom. The van der Waals surface area contributed by atoms with Gasteiger partial charge in [0.2, 0.25) is 15.9 Å². The molecule has 0 radical (unpaired) electrons. The standard InChI is InChI=1S/C36H47N5O7S/c1-3-36(2,22-29-15-9-10-20-37-29)33(40-35(44)45)34(43)39-31(21-26-11-5-4-6-12-26)32(42)25-41(24-28-13-7-8-14-28)49(47,48)30-18-16-27(17-19-30)23-38-46/h4-6,9-12,15-20,23,28,31-33,40,42,46H,3,7-8,13-14,21-22,24-25H2,1-2H3,(H,39,43)(H,44,45)/b38-23+/t31-,32+,33+,36-/m0/s1. The lowest BCUT2D eigenvalue weighted by molar-refractivity contribution is -0.127. The molecule has 49 heavy (non-hydrogen) atoms.